The van der Waals surface area contributed by atoms with Gasteiger partial charge in [-0.25, -0.2) is 0 Å². The molecule has 0 saturated carbocycles. The van der Waals surface area contributed by atoms with Gasteiger partial charge in [-0.1, -0.05) is 30.3 Å². The Hall–Kier alpha value is -1.27. The Kier molecular flexibility index (Phi) is 2.32. The number of fused-ring (bicyclic) bond motifs is 1. The van der Waals surface area contributed by atoms with Gasteiger partial charge in [0.2, 0.25) is 0 Å². The molecule has 0 aliphatic heterocycles. The van der Waals surface area contributed by atoms with Crippen LogP contribution in [0.1, 0.15) is 0 Å². The van der Waals surface area contributed by atoms with Crippen molar-refractivity contribution in [3.8, 4) is 0 Å². The Morgan fingerprint density at radius 2 is 1.73 bits per heavy atom. The Bertz CT molecular complexity index is 557. The minimum absolute atomic E-state index is 0.627. The summed E-state index contributed by atoms with van der Waals surface area (Å²) in [6.45, 7) is 3.51. The second kappa shape index (κ2) is 3.39. The molecule has 0 heterocycles. The van der Waals surface area contributed by atoms with Crippen molar-refractivity contribution < 1.29 is 4.57 Å². The van der Waals surface area contributed by atoms with Crippen LogP contribution in [0.2, 0.25) is 0 Å². The van der Waals surface area contributed by atoms with Crippen molar-refractivity contribution in [1.82, 2.24) is 0 Å². The summed E-state index contributed by atoms with van der Waals surface area (Å²) in [5.41, 5.74) is 6.53. The average Bonchev–Trinajstić information content (AvgIpc) is 2.15. The lowest BCUT2D eigenvalue weighted by molar-refractivity contribution is 0.588. The van der Waals surface area contributed by atoms with E-state index >= 15 is 0 Å². The molecule has 3 heteroatoms. The van der Waals surface area contributed by atoms with Crippen LogP contribution in [0.5, 0.6) is 0 Å². The summed E-state index contributed by atoms with van der Waals surface area (Å²) in [5, 5.41) is 2.90. The summed E-state index contributed by atoms with van der Waals surface area (Å²) in [4.78, 5) is 0. The molecule has 0 atom stereocenters. The maximum absolute atomic E-state index is 12.2. The van der Waals surface area contributed by atoms with E-state index in [2.05, 4.69) is 0 Å². The highest BCUT2D eigenvalue weighted by atomic mass is 31.2. The van der Waals surface area contributed by atoms with Crippen molar-refractivity contribution >= 4 is 28.9 Å². The number of benzene rings is 2. The maximum Gasteiger partial charge on any atom is 0.112 e. The van der Waals surface area contributed by atoms with Crippen LogP contribution in [-0.4, -0.2) is 13.3 Å². The van der Waals surface area contributed by atoms with Crippen molar-refractivity contribution in [2.45, 2.75) is 0 Å². The summed E-state index contributed by atoms with van der Waals surface area (Å²) in [6, 6.07) is 11.7. The lowest BCUT2D eigenvalue weighted by Crippen LogP contribution is -2.10. The predicted octanol–water partition coefficient (Wildman–Crippen LogP) is 2.67. The van der Waals surface area contributed by atoms with Gasteiger partial charge in [-0.15, -0.1) is 0 Å². The van der Waals surface area contributed by atoms with Crippen LogP contribution in [0.25, 0.3) is 10.8 Å². The van der Waals surface area contributed by atoms with Crippen molar-refractivity contribution in [3.05, 3.63) is 36.4 Å². The molecule has 2 N–H and O–H groups in total. The largest absolute Gasteiger partial charge is 0.398 e. The van der Waals surface area contributed by atoms with Gasteiger partial charge in [0.05, 0.1) is 0 Å². The molecule has 78 valence electrons. The molecular weight excluding hydrogens is 205 g/mol. The fraction of sp³-hybridized carbons (Fsp3) is 0.167. The van der Waals surface area contributed by atoms with E-state index in [0.717, 1.165) is 16.1 Å². The molecule has 0 radical (unpaired) electrons. The summed E-state index contributed by atoms with van der Waals surface area (Å²) in [7, 11) is -2.33. The molecule has 0 aromatic heterocycles. The van der Waals surface area contributed by atoms with Crippen LogP contribution in [-0.2, 0) is 4.57 Å². The van der Waals surface area contributed by atoms with Crippen LogP contribution < -0.4 is 11.0 Å². The number of rotatable bonds is 1. The van der Waals surface area contributed by atoms with Gasteiger partial charge in [-0.3, -0.25) is 0 Å². The fourth-order valence-electron chi connectivity index (χ4n) is 1.87. The average molecular weight is 219 g/mol. The lowest BCUT2D eigenvalue weighted by Gasteiger charge is -2.13. The minimum atomic E-state index is -2.33. The smallest absolute Gasteiger partial charge is 0.112 e. The maximum atomic E-state index is 12.2. The quantitative estimate of drug-likeness (QED) is 0.592. The van der Waals surface area contributed by atoms with E-state index < -0.39 is 7.14 Å². The Balaban J connectivity index is 2.92. The molecule has 2 aromatic carbocycles. The summed E-state index contributed by atoms with van der Waals surface area (Å²) in [6.07, 6.45) is 0. The van der Waals surface area contributed by atoms with E-state index in [1.54, 1.807) is 13.3 Å². The van der Waals surface area contributed by atoms with Crippen LogP contribution in [0.15, 0.2) is 36.4 Å². The molecule has 0 spiro atoms. The van der Waals surface area contributed by atoms with E-state index in [9.17, 15) is 4.57 Å². The van der Waals surface area contributed by atoms with E-state index in [0.29, 0.717) is 5.69 Å². The Morgan fingerprint density at radius 3 is 2.40 bits per heavy atom. The molecule has 0 aliphatic carbocycles. The van der Waals surface area contributed by atoms with Crippen LogP contribution in [0.3, 0.4) is 0 Å². The normalized spacial score (nSPS) is 11.9. The molecule has 0 unspecified atom stereocenters. The van der Waals surface area contributed by atoms with Gasteiger partial charge in [-0.2, -0.15) is 0 Å². The molecule has 0 aliphatic rings. The van der Waals surface area contributed by atoms with Gasteiger partial charge in [0.15, 0.2) is 0 Å². The molecule has 0 amide bonds. The number of anilines is 1. The zero-order chi connectivity index (χ0) is 11.1. The third-order valence-corrected chi connectivity index (χ3v) is 4.05. The SMILES string of the molecule is CP(C)(=O)c1c(N)ccc2ccccc12. The molecule has 15 heavy (non-hydrogen) atoms. The first kappa shape index (κ1) is 10.3. The minimum Gasteiger partial charge on any atom is -0.398 e. The van der Waals surface area contributed by atoms with Gasteiger partial charge in [0.1, 0.15) is 7.14 Å². The number of hydrogen-bond donors (Lipinski definition) is 1. The highest BCUT2D eigenvalue weighted by Crippen LogP contribution is 2.39. The predicted molar refractivity (Wildman–Crippen MR) is 67.4 cm³/mol. The molecule has 0 fully saturated rings. The van der Waals surface area contributed by atoms with Crippen LogP contribution in [0.4, 0.5) is 5.69 Å². The van der Waals surface area contributed by atoms with E-state index in [1.165, 1.54) is 0 Å². The third-order valence-electron chi connectivity index (χ3n) is 2.47. The van der Waals surface area contributed by atoms with Crippen molar-refractivity contribution in [3.63, 3.8) is 0 Å². The van der Waals surface area contributed by atoms with Gasteiger partial charge < -0.3 is 10.3 Å². The first-order valence-electron chi connectivity index (χ1n) is 4.83. The van der Waals surface area contributed by atoms with Crippen LogP contribution in [0, 0.1) is 0 Å². The third kappa shape index (κ3) is 1.78. The molecule has 2 rings (SSSR count). The van der Waals surface area contributed by atoms with Crippen molar-refractivity contribution in [2.24, 2.45) is 0 Å². The Morgan fingerprint density at radius 1 is 1.07 bits per heavy atom. The molecule has 0 bridgehead atoms. The molecular formula is C12H14NOP. The van der Waals surface area contributed by atoms with Gasteiger partial charge in [0.25, 0.3) is 0 Å². The number of nitrogen functional groups attached to an aromatic ring is 1. The van der Waals surface area contributed by atoms with E-state index in [4.69, 9.17) is 5.73 Å². The molecule has 0 saturated heterocycles. The summed E-state index contributed by atoms with van der Waals surface area (Å²) in [5.74, 6) is 0. The van der Waals surface area contributed by atoms with E-state index in [1.807, 2.05) is 36.4 Å². The van der Waals surface area contributed by atoms with Crippen LogP contribution >= 0.6 is 7.14 Å². The summed E-state index contributed by atoms with van der Waals surface area (Å²) >= 11 is 0. The highest BCUT2D eigenvalue weighted by Gasteiger charge is 2.17. The standard InChI is InChI=1S/C12H14NOP/c1-15(2,14)12-10-6-4-3-5-9(10)7-8-11(12)13/h3-8H,13H2,1-2H3. The molecule has 2 nitrogen and oxygen atoms in total. The monoisotopic (exact) mass is 219 g/mol. The summed E-state index contributed by atoms with van der Waals surface area (Å²) < 4.78 is 12.2. The van der Waals surface area contributed by atoms with Gasteiger partial charge >= 0.3 is 0 Å². The van der Waals surface area contributed by atoms with Gasteiger partial charge in [-0.05, 0) is 30.2 Å². The van der Waals surface area contributed by atoms with Crippen molar-refractivity contribution in [2.75, 3.05) is 19.1 Å². The zero-order valence-electron chi connectivity index (χ0n) is 8.90. The highest BCUT2D eigenvalue weighted by molar-refractivity contribution is 7.71. The lowest BCUT2D eigenvalue weighted by atomic mass is 10.1. The molecule has 2 aromatic rings. The van der Waals surface area contributed by atoms with Crippen molar-refractivity contribution in [1.29, 1.82) is 0 Å². The topological polar surface area (TPSA) is 43.1 Å². The second-order valence-corrected chi connectivity index (χ2v) is 7.22. The van der Waals surface area contributed by atoms with E-state index in [-0.39, 0.29) is 0 Å². The second-order valence-electron chi connectivity index (χ2n) is 4.08. The zero-order valence-corrected chi connectivity index (χ0v) is 9.79. The number of nitrogens with two attached hydrogens (primary N) is 1. The Labute approximate surface area is 89.5 Å². The first-order chi connectivity index (χ1) is 7.00. The fourth-order valence-corrected chi connectivity index (χ4v) is 3.35. The van der Waals surface area contributed by atoms with Gasteiger partial charge in [0, 0.05) is 11.0 Å². The first-order valence-corrected chi connectivity index (χ1v) is 7.43. The number of hydrogen-bond acceptors (Lipinski definition) is 2.